The molecule has 0 aromatic heterocycles. The van der Waals surface area contributed by atoms with Gasteiger partial charge in [-0.05, 0) is 53.3 Å². The highest BCUT2D eigenvalue weighted by Crippen LogP contribution is 2.26. The van der Waals surface area contributed by atoms with Gasteiger partial charge in [0.2, 0.25) is 0 Å². The molecule has 0 saturated carbocycles. The number of benzene rings is 1. The van der Waals surface area contributed by atoms with Gasteiger partial charge in [-0.2, -0.15) is 0 Å². The molecule has 0 aliphatic rings. The van der Waals surface area contributed by atoms with E-state index in [0.29, 0.717) is 5.56 Å². The minimum Gasteiger partial charge on any atom is -0.508 e. The van der Waals surface area contributed by atoms with Crippen LogP contribution in [0.25, 0.3) is 0 Å². The van der Waals surface area contributed by atoms with Gasteiger partial charge < -0.3 is 5.11 Å². The number of ketones is 1. The number of aromatic hydroxyl groups is 1. The molecular formula is C9H8ClIO2. The average molecular weight is 311 g/mol. The Morgan fingerprint density at radius 3 is 2.62 bits per heavy atom. The molecular weight excluding hydrogens is 302 g/mol. The first-order valence-corrected chi connectivity index (χ1v) is 5.16. The Morgan fingerprint density at radius 1 is 1.54 bits per heavy atom. The van der Waals surface area contributed by atoms with Gasteiger partial charge in [-0.3, -0.25) is 4.79 Å². The van der Waals surface area contributed by atoms with Gasteiger partial charge in [0.05, 0.1) is 0 Å². The Balaban J connectivity index is 3.07. The third-order valence-corrected chi connectivity index (χ3v) is 2.74. The topological polar surface area (TPSA) is 37.3 Å². The largest absolute Gasteiger partial charge is 0.508 e. The number of rotatable bonds is 2. The molecule has 70 valence electrons. The van der Waals surface area contributed by atoms with Crippen molar-refractivity contribution in [3.8, 4) is 5.75 Å². The van der Waals surface area contributed by atoms with E-state index in [1.807, 2.05) is 0 Å². The number of halogens is 2. The molecule has 1 atom stereocenters. The predicted molar refractivity (Wildman–Crippen MR) is 60.1 cm³/mol. The lowest BCUT2D eigenvalue weighted by Crippen LogP contribution is -2.01. The van der Waals surface area contributed by atoms with Crippen molar-refractivity contribution in [3.05, 3.63) is 27.3 Å². The molecule has 0 spiro atoms. The first-order chi connectivity index (χ1) is 6.00. The molecule has 1 rings (SSSR count). The van der Waals surface area contributed by atoms with Crippen molar-refractivity contribution in [1.82, 2.24) is 0 Å². The second-order valence-corrected chi connectivity index (χ2v) is 4.40. The summed E-state index contributed by atoms with van der Waals surface area (Å²) in [5, 5.41) is 8.58. The number of Topliss-reactive ketones (excluding diaryl/α,β-unsaturated/α-hetero) is 1. The summed E-state index contributed by atoms with van der Waals surface area (Å²) in [4.78, 5) is 11.0. The normalized spacial score (nSPS) is 12.5. The summed E-state index contributed by atoms with van der Waals surface area (Å²) in [6.45, 7) is 1.43. The summed E-state index contributed by atoms with van der Waals surface area (Å²) in [5.74, 6) is 0.0110. The maximum Gasteiger partial charge on any atom is 0.152 e. The maximum absolute atomic E-state index is 11.0. The summed E-state index contributed by atoms with van der Waals surface area (Å²) in [6, 6.07) is 4.88. The SMILES string of the molecule is CC(=O)C(Cl)c1cc(O)cc(I)c1. The van der Waals surface area contributed by atoms with Crippen molar-refractivity contribution in [1.29, 1.82) is 0 Å². The van der Waals surface area contributed by atoms with Crippen LogP contribution in [0.1, 0.15) is 17.9 Å². The molecule has 0 saturated heterocycles. The molecule has 0 fully saturated rings. The number of carbonyl (C=O) groups excluding carboxylic acids is 1. The van der Waals surface area contributed by atoms with Crippen LogP contribution in [0, 0.1) is 3.57 Å². The van der Waals surface area contributed by atoms with Gasteiger partial charge in [-0.1, -0.05) is 0 Å². The minimum absolute atomic E-state index is 0.122. The van der Waals surface area contributed by atoms with Crippen molar-refractivity contribution in [2.24, 2.45) is 0 Å². The van der Waals surface area contributed by atoms with E-state index in [2.05, 4.69) is 22.6 Å². The quantitative estimate of drug-likeness (QED) is 0.674. The van der Waals surface area contributed by atoms with Gasteiger partial charge >= 0.3 is 0 Å². The molecule has 0 radical (unpaired) electrons. The number of phenolic OH excluding ortho intramolecular Hbond substituents is 1. The second-order valence-electron chi connectivity index (χ2n) is 2.72. The van der Waals surface area contributed by atoms with Gasteiger partial charge in [0.1, 0.15) is 11.1 Å². The van der Waals surface area contributed by atoms with Crippen molar-refractivity contribution in [3.63, 3.8) is 0 Å². The zero-order valence-electron chi connectivity index (χ0n) is 6.92. The first kappa shape index (κ1) is 10.8. The molecule has 1 N–H and O–H groups in total. The fraction of sp³-hybridized carbons (Fsp3) is 0.222. The van der Waals surface area contributed by atoms with E-state index in [4.69, 9.17) is 11.6 Å². The Kier molecular flexibility index (Phi) is 3.55. The summed E-state index contributed by atoms with van der Waals surface area (Å²) in [6.07, 6.45) is 0. The van der Waals surface area contributed by atoms with E-state index >= 15 is 0 Å². The molecule has 0 bridgehead atoms. The summed E-state index contributed by atoms with van der Waals surface area (Å²) < 4.78 is 0.861. The van der Waals surface area contributed by atoms with Crippen LogP contribution < -0.4 is 0 Å². The van der Waals surface area contributed by atoms with Crippen LogP contribution in [0.15, 0.2) is 18.2 Å². The molecule has 1 aromatic carbocycles. The van der Waals surface area contributed by atoms with E-state index in [0.717, 1.165) is 3.57 Å². The average Bonchev–Trinajstić information content (AvgIpc) is 2.01. The molecule has 13 heavy (non-hydrogen) atoms. The van der Waals surface area contributed by atoms with E-state index in [1.54, 1.807) is 12.1 Å². The van der Waals surface area contributed by atoms with Crippen LogP contribution in [0.5, 0.6) is 5.75 Å². The monoisotopic (exact) mass is 310 g/mol. The maximum atomic E-state index is 11.0. The fourth-order valence-electron chi connectivity index (χ4n) is 0.977. The summed E-state index contributed by atoms with van der Waals surface area (Å²) in [5.41, 5.74) is 0.638. The number of alkyl halides is 1. The van der Waals surface area contributed by atoms with Crippen molar-refractivity contribution in [2.45, 2.75) is 12.3 Å². The molecule has 0 aliphatic carbocycles. The van der Waals surface area contributed by atoms with Gasteiger partial charge in [-0.25, -0.2) is 0 Å². The van der Waals surface area contributed by atoms with Crippen molar-refractivity contribution >= 4 is 40.0 Å². The molecule has 0 heterocycles. The molecule has 4 heteroatoms. The fourth-order valence-corrected chi connectivity index (χ4v) is 1.78. The molecule has 0 amide bonds. The third-order valence-electron chi connectivity index (χ3n) is 1.55. The Morgan fingerprint density at radius 2 is 2.15 bits per heavy atom. The van der Waals surface area contributed by atoms with Crippen molar-refractivity contribution in [2.75, 3.05) is 0 Å². The summed E-state index contributed by atoms with van der Waals surface area (Å²) in [7, 11) is 0. The Labute approximate surface area is 95.0 Å². The van der Waals surface area contributed by atoms with Crippen LogP contribution in [0.2, 0.25) is 0 Å². The lowest BCUT2D eigenvalue weighted by atomic mass is 10.1. The van der Waals surface area contributed by atoms with E-state index in [9.17, 15) is 9.90 Å². The van der Waals surface area contributed by atoms with Crippen LogP contribution in [0.3, 0.4) is 0 Å². The highest BCUT2D eigenvalue weighted by atomic mass is 127. The number of carbonyl (C=O) groups is 1. The van der Waals surface area contributed by atoms with Crippen LogP contribution in [-0.4, -0.2) is 10.9 Å². The second kappa shape index (κ2) is 4.28. The van der Waals surface area contributed by atoms with E-state index < -0.39 is 5.38 Å². The Hall–Kier alpha value is -0.290. The van der Waals surface area contributed by atoms with Crippen molar-refractivity contribution < 1.29 is 9.90 Å². The summed E-state index contributed by atoms with van der Waals surface area (Å²) >= 11 is 7.88. The van der Waals surface area contributed by atoms with Crippen LogP contribution in [0.4, 0.5) is 0 Å². The molecule has 0 aliphatic heterocycles. The van der Waals surface area contributed by atoms with Gasteiger partial charge in [-0.15, -0.1) is 11.6 Å². The van der Waals surface area contributed by atoms with Crippen LogP contribution >= 0.6 is 34.2 Å². The Bertz CT molecular complexity index is 318. The first-order valence-electron chi connectivity index (χ1n) is 3.64. The predicted octanol–water partition coefficient (Wildman–Crippen LogP) is 2.87. The number of hydrogen-bond acceptors (Lipinski definition) is 2. The van der Waals surface area contributed by atoms with E-state index in [-0.39, 0.29) is 11.5 Å². The molecule has 2 nitrogen and oxygen atoms in total. The molecule has 1 unspecified atom stereocenters. The zero-order chi connectivity index (χ0) is 10.0. The zero-order valence-corrected chi connectivity index (χ0v) is 9.83. The number of phenols is 1. The lowest BCUT2D eigenvalue weighted by Gasteiger charge is -2.06. The molecule has 1 aromatic rings. The standard InChI is InChI=1S/C9H8ClIO2/c1-5(12)9(10)6-2-7(11)4-8(13)3-6/h2-4,9,13H,1H3. The van der Waals surface area contributed by atoms with E-state index in [1.165, 1.54) is 13.0 Å². The highest BCUT2D eigenvalue weighted by Gasteiger charge is 2.13. The van der Waals surface area contributed by atoms with Gasteiger partial charge in [0.25, 0.3) is 0 Å². The van der Waals surface area contributed by atoms with Gasteiger partial charge in [0.15, 0.2) is 5.78 Å². The minimum atomic E-state index is -0.666. The highest BCUT2D eigenvalue weighted by molar-refractivity contribution is 14.1. The number of hydrogen-bond donors (Lipinski definition) is 1. The van der Waals surface area contributed by atoms with Crippen LogP contribution in [-0.2, 0) is 4.79 Å². The van der Waals surface area contributed by atoms with Gasteiger partial charge in [0, 0.05) is 3.57 Å². The third kappa shape index (κ3) is 2.84. The lowest BCUT2D eigenvalue weighted by molar-refractivity contribution is -0.116. The smallest absolute Gasteiger partial charge is 0.152 e.